The number of aromatic nitrogens is 1. The molecule has 3 aromatic rings. The smallest absolute Gasteiger partial charge is 0.174 e. The van der Waals surface area contributed by atoms with Crippen molar-refractivity contribution in [3.63, 3.8) is 0 Å². The summed E-state index contributed by atoms with van der Waals surface area (Å²) in [7, 11) is 1.64. The van der Waals surface area contributed by atoms with Gasteiger partial charge in [-0.2, -0.15) is 0 Å². The maximum absolute atomic E-state index is 13.4. The minimum atomic E-state index is -0.244. The summed E-state index contributed by atoms with van der Waals surface area (Å²) in [6.45, 7) is 1.60. The lowest BCUT2D eigenvalue weighted by atomic mass is 10.0. The molecule has 0 saturated carbocycles. The average Bonchev–Trinajstić information content (AvgIpc) is 3.17. The van der Waals surface area contributed by atoms with Crippen LogP contribution in [-0.2, 0) is 6.54 Å². The maximum Gasteiger partial charge on any atom is 0.174 e. The van der Waals surface area contributed by atoms with Crippen LogP contribution >= 0.6 is 12.2 Å². The van der Waals surface area contributed by atoms with Gasteiger partial charge in [-0.15, -0.1) is 0 Å². The number of hydrogen-bond acceptors (Lipinski definition) is 2. The first kappa shape index (κ1) is 17.5. The average molecular weight is 381 g/mol. The highest BCUT2D eigenvalue weighted by atomic mass is 32.1. The van der Waals surface area contributed by atoms with Crippen LogP contribution in [0.25, 0.3) is 0 Å². The summed E-state index contributed by atoms with van der Waals surface area (Å²) >= 11 is 5.75. The summed E-state index contributed by atoms with van der Waals surface area (Å²) in [5, 5.41) is 3.93. The van der Waals surface area contributed by atoms with Gasteiger partial charge in [0.15, 0.2) is 5.11 Å². The molecule has 0 aliphatic carbocycles. The zero-order valence-electron chi connectivity index (χ0n) is 14.9. The summed E-state index contributed by atoms with van der Waals surface area (Å²) in [4.78, 5) is 2.14. The molecule has 0 fully saturated rings. The van der Waals surface area contributed by atoms with Crippen molar-refractivity contribution in [1.29, 1.82) is 0 Å². The summed E-state index contributed by atoms with van der Waals surface area (Å²) in [6, 6.07) is 18.4. The van der Waals surface area contributed by atoms with E-state index in [9.17, 15) is 4.39 Å². The fraction of sp³-hybridized carbons (Fsp3) is 0.190. The van der Waals surface area contributed by atoms with Crippen molar-refractivity contribution in [2.45, 2.75) is 12.6 Å². The molecule has 0 radical (unpaired) electrons. The Bertz CT molecular complexity index is 954. The van der Waals surface area contributed by atoms with Crippen LogP contribution in [0.15, 0.2) is 66.9 Å². The zero-order chi connectivity index (χ0) is 18.8. The molecule has 27 heavy (non-hydrogen) atoms. The van der Waals surface area contributed by atoms with Gasteiger partial charge in [-0.05, 0) is 54.2 Å². The van der Waals surface area contributed by atoms with Crippen molar-refractivity contribution in [3.05, 3.63) is 83.9 Å². The minimum Gasteiger partial charge on any atom is -0.495 e. The second-order valence-corrected chi connectivity index (χ2v) is 6.79. The number of benzene rings is 2. The highest BCUT2D eigenvalue weighted by molar-refractivity contribution is 7.80. The third-order valence-electron chi connectivity index (χ3n) is 4.83. The van der Waals surface area contributed by atoms with E-state index in [1.54, 1.807) is 7.11 Å². The van der Waals surface area contributed by atoms with E-state index in [2.05, 4.69) is 27.0 Å². The molecule has 0 spiro atoms. The van der Waals surface area contributed by atoms with Gasteiger partial charge in [0.1, 0.15) is 11.6 Å². The molecule has 0 amide bonds. The molecule has 0 bridgehead atoms. The second kappa shape index (κ2) is 7.40. The highest BCUT2D eigenvalue weighted by Gasteiger charge is 2.30. The van der Waals surface area contributed by atoms with Crippen molar-refractivity contribution >= 4 is 23.0 Å². The summed E-state index contributed by atoms with van der Waals surface area (Å²) < 4.78 is 21.1. The maximum atomic E-state index is 13.4. The topological polar surface area (TPSA) is 29.4 Å². The van der Waals surface area contributed by atoms with Gasteiger partial charge in [0, 0.05) is 25.0 Å². The SMILES string of the molecule is COc1ccccc1NC(=S)N1CCn2cccc2[C@@H]1c1ccc(F)cc1. The number of nitrogens with zero attached hydrogens (tertiary/aromatic N) is 2. The summed E-state index contributed by atoms with van der Waals surface area (Å²) in [5.41, 5.74) is 2.96. The molecular weight excluding hydrogens is 361 g/mol. The van der Waals surface area contributed by atoms with E-state index in [1.807, 2.05) is 42.5 Å². The van der Waals surface area contributed by atoms with E-state index < -0.39 is 0 Å². The number of fused-ring (bicyclic) bond motifs is 1. The number of nitrogens with one attached hydrogen (secondary N) is 1. The molecule has 138 valence electrons. The number of ether oxygens (including phenoxy) is 1. The van der Waals surface area contributed by atoms with Crippen molar-refractivity contribution in [3.8, 4) is 5.75 Å². The van der Waals surface area contributed by atoms with Crippen LogP contribution in [0, 0.1) is 5.82 Å². The number of halogens is 1. The first-order chi connectivity index (χ1) is 13.2. The van der Waals surface area contributed by atoms with Gasteiger partial charge < -0.3 is 19.5 Å². The number of anilines is 1. The number of methoxy groups -OCH3 is 1. The first-order valence-electron chi connectivity index (χ1n) is 8.78. The van der Waals surface area contributed by atoms with Crippen molar-refractivity contribution in [1.82, 2.24) is 9.47 Å². The van der Waals surface area contributed by atoms with Gasteiger partial charge in [0.2, 0.25) is 0 Å². The van der Waals surface area contributed by atoms with Crippen LogP contribution in [0.4, 0.5) is 10.1 Å². The van der Waals surface area contributed by atoms with Gasteiger partial charge in [0.25, 0.3) is 0 Å². The molecule has 1 aliphatic heterocycles. The highest BCUT2D eigenvalue weighted by Crippen LogP contribution is 2.33. The van der Waals surface area contributed by atoms with E-state index in [0.29, 0.717) is 5.11 Å². The summed E-state index contributed by atoms with van der Waals surface area (Å²) in [5.74, 6) is 0.491. The monoisotopic (exact) mass is 381 g/mol. The molecule has 0 unspecified atom stereocenters. The molecule has 2 heterocycles. The molecule has 1 atom stereocenters. The fourth-order valence-electron chi connectivity index (χ4n) is 3.53. The van der Waals surface area contributed by atoms with Gasteiger partial charge in [-0.3, -0.25) is 0 Å². The Kier molecular flexibility index (Phi) is 4.81. The lowest BCUT2D eigenvalue weighted by molar-refractivity contribution is 0.293. The molecular formula is C21H20FN3OS. The largest absolute Gasteiger partial charge is 0.495 e. The Morgan fingerprint density at radius 2 is 1.85 bits per heavy atom. The van der Waals surface area contributed by atoms with Gasteiger partial charge >= 0.3 is 0 Å². The van der Waals surface area contributed by atoms with E-state index in [-0.39, 0.29) is 11.9 Å². The number of hydrogen-bond donors (Lipinski definition) is 1. The quantitative estimate of drug-likeness (QED) is 0.680. The molecule has 4 rings (SSSR count). The van der Waals surface area contributed by atoms with E-state index in [4.69, 9.17) is 17.0 Å². The Morgan fingerprint density at radius 1 is 1.07 bits per heavy atom. The standard InChI is InChI=1S/C21H20FN3OS/c1-26-19-7-3-2-5-17(19)23-21(27)25-14-13-24-12-4-6-18(24)20(25)15-8-10-16(22)11-9-15/h2-12,20H,13-14H2,1H3,(H,23,27)/t20-/m0/s1. The van der Waals surface area contributed by atoms with Crippen molar-refractivity contribution < 1.29 is 9.13 Å². The number of para-hydroxylation sites is 2. The molecule has 6 heteroatoms. The summed E-state index contributed by atoms with van der Waals surface area (Å²) in [6.07, 6.45) is 2.07. The first-order valence-corrected chi connectivity index (χ1v) is 9.19. The Hall–Kier alpha value is -2.86. The molecule has 1 aromatic heterocycles. The van der Waals surface area contributed by atoms with E-state index in [0.717, 1.165) is 35.8 Å². The normalized spacial score (nSPS) is 15.9. The zero-order valence-corrected chi connectivity index (χ0v) is 15.7. The van der Waals surface area contributed by atoms with Crippen molar-refractivity contribution in [2.24, 2.45) is 0 Å². The van der Waals surface area contributed by atoms with Crippen LogP contribution in [0.5, 0.6) is 5.75 Å². The lowest BCUT2D eigenvalue weighted by Crippen LogP contribution is -2.44. The van der Waals surface area contributed by atoms with Gasteiger partial charge in [0.05, 0.1) is 18.8 Å². The number of rotatable bonds is 3. The fourth-order valence-corrected chi connectivity index (χ4v) is 3.84. The van der Waals surface area contributed by atoms with Crippen LogP contribution < -0.4 is 10.1 Å². The predicted molar refractivity (Wildman–Crippen MR) is 109 cm³/mol. The van der Waals surface area contributed by atoms with Crippen LogP contribution in [0.3, 0.4) is 0 Å². The van der Waals surface area contributed by atoms with Gasteiger partial charge in [-0.25, -0.2) is 4.39 Å². The Morgan fingerprint density at radius 3 is 2.63 bits per heavy atom. The third-order valence-corrected chi connectivity index (χ3v) is 5.17. The van der Waals surface area contributed by atoms with E-state index in [1.165, 1.54) is 12.1 Å². The van der Waals surface area contributed by atoms with E-state index >= 15 is 0 Å². The number of thiocarbonyl (C=S) groups is 1. The van der Waals surface area contributed by atoms with Crippen LogP contribution in [0.1, 0.15) is 17.3 Å². The Labute approximate surface area is 163 Å². The van der Waals surface area contributed by atoms with Crippen LogP contribution in [0.2, 0.25) is 0 Å². The molecule has 0 saturated heterocycles. The molecule has 2 aromatic carbocycles. The minimum absolute atomic E-state index is 0.0796. The van der Waals surface area contributed by atoms with Gasteiger partial charge in [-0.1, -0.05) is 24.3 Å². The Balaban J connectivity index is 1.68. The third kappa shape index (κ3) is 3.40. The van der Waals surface area contributed by atoms with Crippen LogP contribution in [-0.4, -0.2) is 28.2 Å². The van der Waals surface area contributed by atoms with Crippen molar-refractivity contribution in [2.75, 3.05) is 19.0 Å². The lowest BCUT2D eigenvalue weighted by Gasteiger charge is -2.39. The molecule has 1 aliphatic rings. The molecule has 4 nitrogen and oxygen atoms in total. The molecule has 1 N–H and O–H groups in total. The second-order valence-electron chi connectivity index (χ2n) is 6.40. The predicted octanol–water partition coefficient (Wildman–Crippen LogP) is 4.44.